The second kappa shape index (κ2) is 2.37. The Morgan fingerprint density at radius 2 is 2.27 bits per heavy atom. The van der Waals surface area contributed by atoms with E-state index in [1.165, 1.54) is 0 Å². The molecule has 3 atom stereocenters. The Hall–Kier alpha value is -0.240. The van der Waals surface area contributed by atoms with Gasteiger partial charge in [0, 0.05) is 19.0 Å². The maximum atomic E-state index is 11.4. The molecule has 1 aliphatic heterocycles. The Kier molecular flexibility index (Phi) is 1.60. The number of hydrogen-bond donors (Lipinski definition) is 0. The van der Waals surface area contributed by atoms with Gasteiger partial charge < -0.3 is 4.90 Å². The van der Waals surface area contributed by atoms with E-state index in [-0.39, 0.29) is 5.38 Å². The fourth-order valence-corrected chi connectivity index (χ4v) is 2.58. The van der Waals surface area contributed by atoms with Gasteiger partial charge >= 0.3 is 0 Å². The van der Waals surface area contributed by atoms with Gasteiger partial charge in [0.1, 0.15) is 0 Å². The van der Waals surface area contributed by atoms with Gasteiger partial charge in [-0.25, -0.2) is 0 Å². The number of carbonyl (C=O) groups excluding carboxylic acids is 1. The van der Waals surface area contributed by atoms with E-state index < -0.39 is 0 Å². The van der Waals surface area contributed by atoms with Crippen LogP contribution in [0.4, 0.5) is 0 Å². The molecule has 0 spiro atoms. The molecule has 11 heavy (non-hydrogen) atoms. The highest BCUT2D eigenvalue weighted by atomic mass is 35.5. The zero-order chi connectivity index (χ0) is 8.01. The van der Waals surface area contributed by atoms with Crippen molar-refractivity contribution in [2.24, 2.45) is 5.92 Å². The molecular weight excluding hydrogens is 162 g/mol. The van der Waals surface area contributed by atoms with Crippen LogP contribution in [0, 0.1) is 5.92 Å². The van der Waals surface area contributed by atoms with E-state index in [1.54, 1.807) is 0 Å². The van der Waals surface area contributed by atoms with Crippen LogP contribution in [0.5, 0.6) is 0 Å². The number of carbonyl (C=O) groups is 1. The molecule has 3 heteroatoms. The minimum atomic E-state index is 0.197. The summed E-state index contributed by atoms with van der Waals surface area (Å²) in [6.45, 7) is 0. The van der Waals surface area contributed by atoms with Gasteiger partial charge in [-0.3, -0.25) is 4.79 Å². The standard InChI is InChI=1S/C8H12ClNO/c1-10-7-4-5(8(10)11)2-3-6(7)9/h5-7H,2-4H2,1H3. The van der Waals surface area contributed by atoms with Crippen molar-refractivity contribution in [1.82, 2.24) is 4.90 Å². The largest absolute Gasteiger partial charge is 0.341 e. The van der Waals surface area contributed by atoms with Crippen LogP contribution in [0.25, 0.3) is 0 Å². The number of nitrogens with zero attached hydrogens (tertiary/aromatic N) is 1. The van der Waals surface area contributed by atoms with Crippen LogP contribution in [0.2, 0.25) is 0 Å². The Balaban J connectivity index is 2.22. The van der Waals surface area contributed by atoms with Gasteiger partial charge in [-0.05, 0) is 19.3 Å². The fraction of sp³-hybridized carbons (Fsp3) is 0.875. The number of alkyl halides is 1. The number of rotatable bonds is 0. The molecular formula is C8H12ClNO. The molecule has 62 valence electrons. The van der Waals surface area contributed by atoms with Gasteiger partial charge in [0.15, 0.2) is 0 Å². The molecule has 1 amide bonds. The summed E-state index contributed by atoms with van der Waals surface area (Å²) >= 11 is 6.08. The third-order valence-electron chi connectivity index (χ3n) is 2.93. The number of amides is 1. The third-order valence-corrected chi connectivity index (χ3v) is 3.44. The van der Waals surface area contributed by atoms with Gasteiger partial charge in [-0.2, -0.15) is 0 Å². The molecule has 1 saturated carbocycles. The fourth-order valence-electron chi connectivity index (χ4n) is 2.19. The van der Waals surface area contributed by atoms with Crippen molar-refractivity contribution in [3.05, 3.63) is 0 Å². The van der Waals surface area contributed by atoms with E-state index in [0.29, 0.717) is 17.9 Å². The summed E-state index contributed by atoms with van der Waals surface area (Å²) in [6, 6.07) is 0.322. The molecule has 2 nitrogen and oxygen atoms in total. The average Bonchev–Trinajstić information content (AvgIpc) is 2.24. The molecule has 0 aromatic heterocycles. The summed E-state index contributed by atoms with van der Waals surface area (Å²) in [5, 5.41) is 0.197. The molecule has 2 bridgehead atoms. The van der Waals surface area contributed by atoms with Crippen molar-refractivity contribution in [1.29, 1.82) is 0 Å². The topological polar surface area (TPSA) is 20.3 Å². The van der Waals surface area contributed by atoms with Gasteiger partial charge in [0.2, 0.25) is 5.91 Å². The molecule has 1 aliphatic carbocycles. The second-order valence-electron chi connectivity index (χ2n) is 3.54. The smallest absolute Gasteiger partial charge is 0.225 e. The molecule has 0 aromatic carbocycles. The molecule has 2 fully saturated rings. The van der Waals surface area contributed by atoms with Crippen LogP contribution in [-0.2, 0) is 4.79 Å². The van der Waals surface area contributed by atoms with Gasteiger partial charge in [0.05, 0.1) is 5.38 Å². The molecule has 1 heterocycles. The summed E-state index contributed by atoms with van der Waals surface area (Å²) in [7, 11) is 1.87. The summed E-state index contributed by atoms with van der Waals surface area (Å²) in [6.07, 6.45) is 2.99. The molecule has 3 unspecified atom stereocenters. The summed E-state index contributed by atoms with van der Waals surface area (Å²) in [5.41, 5.74) is 0. The summed E-state index contributed by atoms with van der Waals surface area (Å²) < 4.78 is 0. The van der Waals surface area contributed by atoms with E-state index in [2.05, 4.69) is 0 Å². The monoisotopic (exact) mass is 173 g/mol. The lowest BCUT2D eigenvalue weighted by Crippen LogP contribution is -2.34. The van der Waals surface area contributed by atoms with Crippen molar-refractivity contribution in [2.75, 3.05) is 7.05 Å². The lowest BCUT2D eigenvalue weighted by atomic mass is 9.90. The molecule has 0 N–H and O–H groups in total. The number of halogens is 1. The molecule has 2 rings (SSSR count). The van der Waals surface area contributed by atoms with Gasteiger partial charge in [-0.1, -0.05) is 0 Å². The van der Waals surface area contributed by atoms with Crippen molar-refractivity contribution >= 4 is 17.5 Å². The Labute approximate surface area is 71.5 Å². The number of fused-ring (bicyclic) bond motifs is 2. The molecule has 0 aromatic rings. The Morgan fingerprint density at radius 3 is 2.91 bits per heavy atom. The van der Waals surface area contributed by atoms with Crippen LogP contribution in [0.3, 0.4) is 0 Å². The number of likely N-dealkylation sites (tertiary alicyclic amines) is 1. The van der Waals surface area contributed by atoms with Crippen LogP contribution < -0.4 is 0 Å². The predicted octanol–water partition coefficient (Wildman–Crippen LogP) is 1.23. The Morgan fingerprint density at radius 1 is 1.55 bits per heavy atom. The van der Waals surface area contributed by atoms with Crippen molar-refractivity contribution < 1.29 is 4.79 Å². The first-order valence-corrected chi connectivity index (χ1v) is 4.54. The first-order chi connectivity index (χ1) is 5.20. The number of hydrogen-bond acceptors (Lipinski definition) is 1. The molecule has 0 radical (unpaired) electrons. The second-order valence-corrected chi connectivity index (χ2v) is 4.10. The third kappa shape index (κ3) is 0.959. The van der Waals surface area contributed by atoms with Crippen molar-refractivity contribution in [3.63, 3.8) is 0 Å². The lowest BCUT2D eigenvalue weighted by Gasteiger charge is -2.25. The first kappa shape index (κ1) is 7.41. The van der Waals surface area contributed by atoms with Crippen molar-refractivity contribution in [2.45, 2.75) is 30.7 Å². The maximum absolute atomic E-state index is 11.4. The zero-order valence-corrected chi connectivity index (χ0v) is 7.34. The predicted molar refractivity (Wildman–Crippen MR) is 43.5 cm³/mol. The maximum Gasteiger partial charge on any atom is 0.225 e. The highest BCUT2D eigenvalue weighted by Gasteiger charge is 2.44. The SMILES string of the molecule is CN1C(=O)C2CCC(Cl)C1C2. The van der Waals surface area contributed by atoms with Crippen LogP contribution in [-0.4, -0.2) is 29.3 Å². The van der Waals surface area contributed by atoms with E-state index >= 15 is 0 Å². The highest BCUT2D eigenvalue weighted by Crippen LogP contribution is 2.37. The minimum absolute atomic E-state index is 0.197. The Bertz CT molecular complexity index is 195. The van der Waals surface area contributed by atoms with Gasteiger partial charge in [0.25, 0.3) is 0 Å². The summed E-state index contributed by atoms with van der Waals surface area (Å²) in [4.78, 5) is 13.2. The first-order valence-electron chi connectivity index (χ1n) is 4.11. The normalized spacial score (nSPS) is 43.3. The zero-order valence-electron chi connectivity index (χ0n) is 6.59. The minimum Gasteiger partial charge on any atom is -0.341 e. The van der Waals surface area contributed by atoms with Gasteiger partial charge in [-0.15, -0.1) is 11.6 Å². The molecule has 1 saturated heterocycles. The quantitative estimate of drug-likeness (QED) is 0.505. The summed E-state index contributed by atoms with van der Waals surface area (Å²) in [5.74, 6) is 0.596. The molecule has 2 aliphatic rings. The van der Waals surface area contributed by atoms with E-state index in [0.717, 1.165) is 19.3 Å². The lowest BCUT2D eigenvalue weighted by molar-refractivity contribution is -0.130. The van der Waals surface area contributed by atoms with Crippen LogP contribution in [0.1, 0.15) is 19.3 Å². The van der Waals surface area contributed by atoms with E-state index in [9.17, 15) is 4.79 Å². The highest BCUT2D eigenvalue weighted by molar-refractivity contribution is 6.21. The van der Waals surface area contributed by atoms with Crippen LogP contribution >= 0.6 is 11.6 Å². The van der Waals surface area contributed by atoms with E-state index in [4.69, 9.17) is 11.6 Å². The average molecular weight is 174 g/mol. The van der Waals surface area contributed by atoms with Crippen LogP contribution in [0.15, 0.2) is 0 Å². The van der Waals surface area contributed by atoms with Crippen molar-refractivity contribution in [3.8, 4) is 0 Å². The van der Waals surface area contributed by atoms with E-state index in [1.807, 2.05) is 11.9 Å².